The van der Waals surface area contributed by atoms with Crippen LogP contribution in [0.1, 0.15) is 30.0 Å². The highest BCUT2D eigenvalue weighted by Crippen LogP contribution is 2.34. The van der Waals surface area contributed by atoms with Gasteiger partial charge < -0.3 is 5.11 Å². The maximum atomic E-state index is 11.6. The molecule has 0 saturated carbocycles. The lowest BCUT2D eigenvalue weighted by atomic mass is 9.90. The summed E-state index contributed by atoms with van der Waals surface area (Å²) in [5, 5.41) is 12.0. The van der Waals surface area contributed by atoms with Gasteiger partial charge in [0.2, 0.25) is 0 Å². The van der Waals surface area contributed by atoms with Crippen molar-refractivity contribution in [3.05, 3.63) is 77.9 Å². The van der Waals surface area contributed by atoms with Gasteiger partial charge in [-0.05, 0) is 65.7 Å². The average molecular weight is 392 g/mol. The molecule has 0 radical (unpaired) electrons. The Labute approximate surface area is 170 Å². The number of likely N-dealkylation sites (tertiary alicyclic amines) is 1. The number of benzene rings is 3. The molecule has 3 aromatic rings. The lowest BCUT2D eigenvalue weighted by molar-refractivity contribution is -0.143. The Hall–Kier alpha value is -2.30. The van der Waals surface area contributed by atoms with Gasteiger partial charge in [0.25, 0.3) is 0 Å². The van der Waals surface area contributed by atoms with E-state index in [-0.39, 0.29) is 12.0 Å². The number of hydrogen-bond donors (Lipinski definition) is 1. The molecule has 3 nitrogen and oxygen atoms in total. The van der Waals surface area contributed by atoms with Gasteiger partial charge in [-0.25, -0.2) is 0 Å². The van der Waals surface area contributed by atoms with Crippen molar-refractivity contribution in [2.45, 2.75) is 23.8 Å². The molecule has 2 unspecified atom stereocenters. The third-order valence-electron chi connectivity index (χ3n) is 5.69. The van der Waals surface area contributed by atoms with Crippen molar-refractivity contribution in [1.29, 1.82) is 0 Å². The lowest BCUT2D eigenvalue weighted by Crippen LogP contribution is -2.41. The molecular formula is C24H25NO2S. The summed E-state index contributed by atoms with van der Waals surface area (Å²) >= 11 is 1.74. The molecular weight excluding hydrogens is 366 g/mol. The zero-order chi connectivity index (χ0) is 19.5. The van der Waals surface area contributed by atoms with Crippen molar-refractivity contribution in [1.82, 2.24) is 4.90 Å². The van der Waals surface area contributed by atoms with Crippen LogP contribution in [-0.2, 0) is 4.79 Å². The van der Waals surface area contributed by atoms with Gasteiger partial charge in [0, 0.05) is 11.4 Å². The van der Waals surface area contributed by atoms with Crippen molar-refractivity contribution in [3.8, 4) is 0 Å². The van der Waals surface area contributed by atoms with Gasteiger partial charge in [-0.15, -0.1) is 11.8 Å². The number of aliphatic carboxylic acids is 1. The third-order valence-corrected chi connectivity index (χ3v) is 6.43. The summed E-state index contributed by atoms with van der Waals surface area (Å²) in [6.45, 7) is 1.52. The predicted molar refractivity (Wildman–Crippen MR) is 116 cm³/mol. The van der Waals surface area contributed by atoms with Gasteiger partial charge in [-0.2, -0.15) is 0 Å². The smallest absolute Gasteiger partial charge is 0.307 e. The molecule has 0 aliphatic carbocycles. The summed E-state index contributed by atoms with van der Waals surface area (Å²) in [6.07, 6.45) is 3.77. The van der Waals surface area contributed by atoms with Crippen LogP contribution in [0.2, 0.25) is 0 Å². The molecule has 2 atom stereocenters. The molecule has 1 aliphatic heterocycles. The monoisotopic (exact) mass is 391 g/mol. The highest BCUT2D eigenvalue weighted by atomic mass is 32.2. The van der Waals surface area contributed by atoms with Gasteiger partial charge in [0.05, 0.1) is 12.0 Å². The molecule has 4 rings (SSSR count). The van der Waals surface area contributed by atoms with Crippen LogP contribution >= 0.6 is 11.8 Å². The van der Waals surface area contributed by atoms with Crippen LogP contribution in [0.15, 0.2) is 71.6 Å². The fourth-order valence-corrected chi connectivity index (χ4v) is 4.63. The lowest BCUT2D eigenvalue weighted by Gasteiger charge is -2.37. The van der Waals surface area contributed by atoms with Crippen LogP contribution in [0.4, 0.5) is 0 Å². The van der Waals surface area contributed by atoms with Crippen molar-refractivity contribution in [3.63, 3.8) is 0 Å². The molecule has 1 fully saturated rings. The standard InChI is InChI=1S/C24H25NO2S/c1-28-22-12-10-18(11-13-22)23(25-14-4-7-21(16-25)24(26)27)20-9-8-17-5-2-3-6-19(17)15-20/h2-3,5-6,8-13,15,21,23H,4,7,14,16H2,1H3,(H,26,27). The highest BCUT2D eigenvalue weighted by molar-refractivity contribution is 7.98. The van der Waals surface area contributed by atoms with Gasteiger partial charge >= 0.3 is 5.97 Å². The zero-order valence-corrected chi connectivity index (χ0v) is 16.9. The van der Waals surface area contributed by atoms with E-state index in [1.54, 1.807) is 11.8 Å². The van der Waals surface area contributed by atoms with Gasteiger partial charge in [-0.3, -0.25) is 9.69 Å². The number of carboxylic acid groups (broad SMARTS) is 1. The van der Waals surface area contributed by atoms with E-state index < -0.39 is 5.97 Å². The number of carbonyl (C=O) groups is 1. The molecule has 1 N–H and O–H groups in total. The largest absolute Gasteiger partial charge is 0.481 e. The normalized spacial score (nSPS) is 18.8. The minimum absolute atomic E-state index is 0.0719. The van der Waals surface area contributed by atoms with E-state index in [9.17, 15) is 9.90 Å². The highest BCUT2D eigenvalue weighted by Gasteiger charge is 2.31. The van der Waals surface area contributed by atoms with Crippen molar-refractivity contribution >= 4 is 28.5 Å². The molecule has 1 saturated heterocycles. The van der Waals surface area contributed by atoms with Crippen molar-refractivity contribution in [2.75, 3.05) is 19.3 Å². The van der Waals surface area contributed by atoms with Crippen LogP contribution in [-0.4, -0.2) is 35.3 Å². The Bertz CT molecular complexity index is 970. The topological polar surface area (TPSA) is 40.5 Å². The summed E-state index contributed by atoms with van der Waals surface area (Å²) in [5.74, 6) is -0.970. The molecule has 4 heteroatoms. The second-order valence-corrected chi connectivity index (χ2v) is 8.33. The zero-order valence-electron chi connectivity index (χ0n) is 16.0. The fourth-order valence-electron chi connectivity index (χ4n) is 4.22. The van der Waals surface area contributed by atoms with Crippen LogP contribution in [0.5, 0.6) is 0 Å². The number of hydrogen-bond acceptors (Lipinski definition) is 3. The predicted octanol–water partition coefficient (Wildman–Crippen LogP) is 5.45. The molecule has 0 bridgehead atoms. The molecule has 144 valence electrons. The minimum atomic E-state index is -0.681. The number of carboxylic acids is 1. The van der Waals surface area contributed by atoms with Crippen LogP contribution in [0.25, 0.3) is 10.8 Å². The summed E-state index contributed by atoms with van der Waals surface area (Å²) in [4.78, 5) is 15.2. The molecule has 0 aromatic heterocycles. The summed E-state index contributed by atoms with van der Waals surface area (Å²) in [5.41, 5.74) is 2.45. The number of thioether (sulfide) groups is 1. The first-order chi connectivity index (χ1) is 13.7. The number of piperidine rings is 1. The first kappa shape index (κ1) is 19.0. The summed E-state index contributed by atoms with van der Waals surface area (Å²) in [7, 11) is 0. The summed E-state index contributed by atoms with van der Waals surface area (Å²) in [6, 6.07) is 23.8. The molecule has 1 heterocycles. The Morgan fingerprint density at radius 1 is 1.04 bits per heavy atom. The average Bonchev–Trinajstić information content (AvgIpc) is 2.74. The third kappa shape index (κ3) is 3.94. The van der Waals surface area contributed by atoms with E-state index in [2.05, 4.69) is 77.9 Å². The van der Waals surface area contributed by atoms with Gasteiger partial charge in [-0.1, -0.05) is 48.5 Å². The first-order valence-electron chi connectivity index (χ1n) is 9.75. The van der Waals surface area contributed by atoms with E-state index in [4.69, 9.17) is 0 Å². The van der Waals surface area contributed by atoms with E-state index in [0.717, 1.165) is 19.4 Å². The van der Waals surface area contributed by atoms with E-state index >= 15 is 0 Å². The van der Waals surface area contributed by atoms with E-state index in [0.29, 0.717) is 6.54 Å². The van der Waals surface area contributed by atoms with Gasteiger partial charge in [0.15, 0.2) is 0 Å². The number of rotatable bonds is 5. The van der Waals surface area contributed by atoms with E-state index in [1.165, 1.54) is 26.8 Å². The second-order valence-electron chi connectivity index (χ2n) is 7.45. The molecule has 0 amide bonds. The Morgan fingerprint density at radius 2 is 1.75 bits per heavy atom. The first-order valence-corrected chi connectivity index (χ1v) is 11.0. The Morgan fingerprint density at radius 3 is 2.46 bits per heavy atom. The van der Waals surface area contributed by atoms with Crippen LogP contribution < -0.4 is 0 Å². The SMILES string of the molecule is CSc1ccc(C(c2ccc3ccccc3c2)N2CCCC(C(=O)O)C2)cc1. The van der Waals surface area contributed by atoms with Crippen molar-refractivity contribution in [2.24, 2.45) is 5.92 Å². The number of nitrogens with zero attached hydrogens (tertiary/aromatic N) is 1. The maximum absolute atomic E-state index is 11.6. The van der Waals surface area contributed by atoms with Crippen molar-refractivity contribution < 1.29 is 9.90 Å². The fraction of sp³-hybridized carbons (Fsp3) is 0.292. The molecule has 28 heavy (non-hydrogen) atoms. The summed E-state index contributed by atoms with van der Waals surface area (Å²) < 4.78 is 0. The second kappa shape index (κ2) is 8.38. The Kier molecular flexibility index (Phi) is 5.69. The molecule has 3 aromatic carbocycles. The van der Waals surface area contributed by atoms with Gasteiger partial charge in [0.1, 0.15) is 0 Å². The van der Waals surface area contributed by atoms with Crippen LogP contribution in [0, 0.1) is 5.92 Å². The van der Waals surface area contributed by atoms with E-state index in [1.807, 2.05) is 0 Å². The minimum Gasteiger partial charge on any atom is -0.481 e. The number of fused-ring (bicyclic) bond motifs is 1. The molecule has 0 spiro atoms. The molecule has 1 aliphatic rings. The Balaban J connectivity index is 1.76. The maximum Gasteiger partial charge on any atom is 0.307 e. The quantitative estimate of drug-likeness (QED) is 0.587. The van der Waals surface area contributed by atoms with Crippen LogP contribution in [0.3, 0.4) is 0 Å².